The number of likely N-dealkylation sites (tertiary alicyclic amines) is 1. The second kappa shape index (κ2) is 8.71. The molecule has 0 aromatic heterocycles. The molecule has 1 aromatic rings. The van der Waals surface area contributed by atoms with Gasteiger partial charge in [0.1, 0.15) is 0 Å². The van der Waals surface area contributed by atoms with Gasteiger partial charge in [-0.3, -0.25) is 4.79 Å². The molecule has 1 heterocycles. The second-order valence-electron chi connectivity index (χ2n) is 6.82. The number of rotatable bonds is 6. The predicted octanol–water partition coefficient (Wildman–Crippen LogP) is 3.29. The Balaban J connectivity index is 2.00. The highest BCUT2D eigenvalue weighted by Crippen LogP contribution is 2.23. The lowest BCUT2D eigenvalue weighted by Crippen LogP contribution is -2.53. The Morgan fingerprint density at radius 3 is 2.67 bits per heavy atom. The van der Waals surface area contributed by atoms with Gasteiger partial charge in [-0.2, -0.15) is 0 Å². The fourth-order valence-corrected chi connectivity index (χ4v) is 3.30. The van der Waals surface area contributed by atoms with E-state index in [-0.39, 0.29) is 24.5 Å². The minimum absolute atomic E-state index is 0.0593. The number of piperidine rings is 1. The molecule has 2 amide bonds. The molecule has 3 atom stereocenters. The van der Waals surface area contributed by atoms with E-state index in [9.17, 15) is 9.59 Å². The molecule has 3 unspecified atom stereocenters. The fraction of sp³-hybridized carbons (Fsp3) is 0.579. The smallest absolute Gasteiger partial charge is 0.317 e. The van der Waals surface area contributed by atoms with Crippen LogP contribution in [0, 0.1) is 5.92 Å². The Bertz CT molecular complexity index is 547. The molecule has 0 spiro atoms. The molecular weight excluding hydrogens is 304 g/mol. The van der Waals surface area contributed by atoms with E-state index in [1.807, 2.05) is 35.2 Å². The number of hydrogen-bond acceptors (Lipinski definition) is 2. The first-order chi connectivity index (χ1) is 11.5. The lowest BCUT2D eigenvalue weighted by Gasteiger charge is -2.38. The summed E-state index contributed by atoms with van der Waals surface area (Å²) < 4.78 is 0. The highest BCUT2D eigenvalue weighted by atomic mass is 16.4. The van der Waals surface area contributed by atoms with Crippen LogP contribution in [0.2, 0.25) is 0 Å². The quantitative estimate of drug-likeness (QED) is 0.840. The summed E-state index contributed by atoms with van der Waals surface area (Å²) >= 11 is 0. The van der Waals surface area contributed by atoms with Gasteiger partial charge in [0, 0.05) is 25.0 Å². The van der Waals surface area contributed by atoms with E-state index in [1.54, 1.807) is 0 Å². The van der Waals surface area contributed by atoms with Crippen LogP contribution in [0.25, 0.3) is 0 Å². The molecule has 2 N–H and O–H groups in total. The Morgan fingerprint density at radius 1 is 1.29 bits per heavy atom. The highest BCUT2D eigenvalue weighted by Gasteiger charge is 2.29. The van der Waals surface area contributed by atoms with Gasteiger partial charge in [0.15, 0.2) is 0 Å². The summed E-state index contributed by atoms with van der Waals surface area (Å²) in [6.45, 7) is 5.04. The average Bonchev–Trinajstić information content (AvgIpc) is 2.56. The molecular formula is C19H28N2O3. The summed E-state index contributed by atoms with van der Waals surface area (Å²) in [5.41, 5.74) is 1.10. The van der Waals surface area contributed by atoms with E-state index in [4.69, 9.17) is 5.11 Å². The third kappa shape index (κ3) is 5.25. The standard InChI is InChI=1S/C19H28N2O3/c1-14-7-6-12-21(15(14)2)19(24)20-17(10-11-18(22)23)13-16-8-4-3-5-9-16/h3-5,8-9,14-15,17H,6-7,10-13H2,1-2H3,(H,20,24)(H,22,23). The zero-order chi connectivity index (χ0) is 17.5. The minimum atomic E-state index is -0.831. The van der Waals surface area contributed by atoms with Crippen LogP contribution in [0.15, 0.2) is 30.3 Å². The van der Waals surface area contributed by atoms with Crippen LogP contribution >= 0.6 is 0 Å². The average molecular weight is 332 g/mol. The number of amides is 2. The van der Waals surface area contributed by atoms with E-state index < -0.39 is 5.97 Å². The van der Waals surface area contributed by atoms with Crippen molar-refractivity contribution in [2.75, 3.05) is 6.54 Å². The summed E-state index contributed by atoms with van der Waals surface area (Å²) in [6.07, 6.45) is 3.32. The molecule has 24 heavy (non-hydrogen) atoms. The largest absolute Gasteiger partial charge is 0.481 e. The Hall–Kier alpha value is -2.04. The van der Waals surface area contributed by atoms with Gasteiger partial charge in [0.2, 0.25) is 0 Å². The highest BCUT2D eigenvalue weighted by molar-refractivity contribution is 5.75. The van der Waals surface area contributed by atoms with Crippen LogP contribution in [0.3, 0.4) is 0 Å². The fourth-order valence-electron chi connectivity index (χ4n) is 3.30. The maximum atomic E-state index is 12.7. The van der Waals surface area contributed by atoms with Crippen molar-refractivity contribution >= 4 is 12.0 Å². The number of benzene rings is 1. The molecule has 1 aromatic carbocycles. The van der Waals surface area contributed by atoms with E-state index in [0.29, 0.717) is 18.8 Å². The molecule has 0 bridgehead atoms. The first-order valence-corrected chi connectivity index (χ1v) is 8.80. The van der Waals surface area contributed by atoms with Crippen molar-refractivity contribution < 1.29 is 14.7 Å². The molecule has 132 valence electrons. The van der Waals surface area contributed by atoms with E-state index in [1.165, 1.54) is 0 Å². The van der Waals surface area contributed by atoms with Gasteiger partial charge in [0.25, 0.3) is 0 Å². The van der Waals surface area contributed by atoms with Gasteiger partial charge in [-0.25, -0.2) is 4.79 Å². The first kappa shape index (κ1) is 18.3. The number of hydrogen-bond donors (Lipinski definition) is 2. The van der Waals surface area contributed by atoms with E-state index in [0.717, 1.165) is 24.9 Å². The summed E-state index contributed by atoms with van der Waals surface area (Å²) in [4.78, 5) is 25.5. The predicted molar refractivity (Wildman–Crippen MR) is 93.9 cm³/mol. The van der Waals surface area contributed by atoms with Crippen molar-refractivity contribution in [3.63, 3.8) is 0 Å². The third-order valence-corrected chi connectivity index (χ3v) is 4.99. The summed E-state index contributed by atoms with van der Waals surface area (Å²) in [5, 5.41) is 12.0. The van der Waals surface area contributed by atoms with Gasteiger partial charge >= 0.3 is 12.0 Å². The molecule has 1 saturated heterocycles. The first-order valence-electron chi connectivity index (χ1n) is 8.80. The number of nitrogens with one attached hydrogen (secondary N) is 1. The number of carboxylic acids is 1. The number of urea groups is 1. The van der Waals surface area contributed by atoms with Crippen molar-refractivity contribution in [3.8, 4) is 0 Å². The van der Waals surface area contributed by atoms with Crippen LogP contribution in [0.1, 0.15) is 45.1 Å². The number of carbonyl (C=O) groups is 2. The number of nitrogens with zero attached hydrogens (tertiary/aromatic N) is 1. The molecule has 5 heteroatoms. The van der Waals surface area contributed by atoms with E-state index in [2.05, 4.69) is 19.2 Å². The number of carbonyl (C=O) groups excluding carboxylic acids is 1. The summed E-state index contributed by atoms with van der Waals surface area (Å²) in [5.74, 6) is -0.335. The monoisotopic (exact) mass is 332 g/mol. The Kier molecular flexibility index (Phi) is 6.64. The lowest BCUT2D eigenvalue weighted by atomic mass is 9.92. The summed E-state index contributed by atoms with van der Waals surface area (Å²) in [7, 11) is 0. The zero-order valence-corrected chi connectivity index (χ0v) is 14.6. The molecule has 0 radical (unpaired) electrons. The van der Waals surface area contributed by atoms with Gasteiger partial charge in [-0.15, -0.1) is 0 Å². The topological polar surface area (TPSA) is 69.6 Å². The summed E-state index contributed by atoms with van der Waals surface area (Å²) in [6, 6.07) is 9.86. The third-order valence-electron chi connectivity index (χ3n) is 4.99. The minimum Gasteiger partial charge on any atom is -0.481 e. The second-order valence-corrected chi connectivity index (χ2v) is 6.82. The molecule has 2 rings (SSSR count). The van der Waals surface area contributed by atoms with Crippen LogP contribution in [-0.4, -0.2) is 40.6 Å². The SMILES string of the molecule is CC1CCCN(C(=O)NC(CCC(=O)O)Cc2ccccc2)C1C. The van der Waals surface area contributed by atoms with Gasteiger partial charge in [0.05, 0.1) is 0 Å². The van der Waals surface area contributed by atoms with Gasteiger partial charge < -0.3 is 15.3 Å². The lowest BCUT2D eigenvalue weighted by molar-refractivity contribution is -0.137. The molecule has 0 aliphatic carbocycles. The van der Waals surface area contributed by atoms with Crippen molar-refractivity contribution in [1.29, 1.82) is 0 Å². The van der Waals surface area contributed by atoms with Crippen molar-refractivity contribution in [1.82, 2.24) is 10.2 Å². The zero-order valence-electron chi connectivity index (χ0n) is 14.6. The van der Waals surface area contributed by atoms with Crippen molar-refractivity contribution in [3.05, 3.63) is 35.9 Å². The molecule has 1 aliphatic heterocycles. The van der Waals surface area contributed by atoms with E-state index >= 15 is 0 Å². The van der Waals surface area contributed by atoms with Crippen LogP contribution in [0.4, 0.5) is 4.79 Å². The van der Waals surface area contributed by atoms with Crippen molar-refractivity contribution in [2.24, 2.45) is 5.92 Å². The van der Waals surface area contributed by atoms with Crippen molar-refractivity contribution in [2.45, 2.75) is 58.0 Å². The van der Waals surface area contributed by atoms with Crippen LogP contribution in [-0.2, 0) is 11.2 Å². The number of aliphatic carboxylic acids is 1. The Morgan fingerprint density at radius 2 is 2.00 bits per heavy atom. The maximum Gasteiger partial charge on any atom is 0.317 e. The Labute approximate surface area is 144 Å². The molecule has 5 nitrogen and oxygen atoms in total. The number of carboxylic acid groups (broad SMARTS) is 1. The molecule has 0 saturated carbocycles. The maximum absolute atomic E-state index is 12.7. The normalized spacial score (nSPS) is 22.0. The van der Waals surface area contributed by atoms with Crippen LogP contribution < -0.4 is 5.32 Å². The van der Waals surface area contributed by atoms with Gasteiger partial charge in [-0.1, -0.05) is 37.3 Å². The van der Waals surface area contributed by atoms with Gasteiger partial charge in [-0.05, 0) is 44.1 Å². The van der Waals surface area contributed by atoms with Crippen LogP contribution in [0.5, 0.6) is 0 Å². The molecule has 1 fully saturated rings. The molecule has 1 aliphatic rings.